The second-order valence-corrected chi connectivity index (χ2v) is 6.36. The molecule has 23 heavy (non-hydrogen) atoms. The Kier molecular flexibility index (Phi) is 4.41. The highest BCUT2D eigenvalue weighted by molar-refractivity contribution is 5.95. The van der Waals surface area contributed by atoms with Crippen molar-refractivity contribution in [1.82, 2.24) is 15.1 Å². The van der Waals surface area contributed by atoms with Gasteiger partial charge in [-0.2, -0.15) is 5.10 Å². The van der Waals surface area contributed by atoms with Gasteiger partial charge in [0.05, 0.1) is 5.69 Å². The maximum atomic E-state index is 12.5. The van der Waals surface area contributed by atoms with E-state index < -0.39 is 0 Å². The number of halogens is 1. The third-order valence-corrected chi connectivity index (χ3v) is 4.99. The summed E-state index contributed by atoms with van der Waals surface area (Å²) in [5.41, 5.74) is 2.07. The van der Waals surface area contributed by atoms with Gasteiger partial charge in [-0.05, 0) is 62.0 Å². The van der Waals surface area contributed by atoms with Gasteiger partial charge in [-0.25, -0.2) is 4.68 Å². The molecule has 2 aliphatic rings. The molecule has 0 radical (unpaired) electrons. The lowest BCUT2D eigenvalue weighted by atomic mass is 9.92. The van der Waals surface area contributed by atoms with Crippen molar-refractivity contribution in [2.45, 2.75) is 19.3 Å². The largest absolute Gasteiger partial charge is 0.326 e. The first-order valence-electron chi connectivity index (χ1n) is 7.89. The molecule has 2 heterocycles. The van der Waals surface area contributed by atoms with Crippen molar-refractivity contribution in [1.29, 1.82) is 0 Å². The second-order valence-electron chi connectivity index (χ2n) is 6.36. The van der Waals surface area contributed by atoms with Gasteiger partial charge < -0.3 is 10.6 Å². The third kappa shape index (κ3) is 3.12. The predicted molar refractivity (Wildman–Crippen MR) is 92.1 cm³/mol. The molecule has 1 aromatic heterocycles. The van der Waals surface area contributed by atoms with Crippen LogP contribution in [0.4, 0.5) is 5.69 Å². The van der Waals surface area contributed by atoms with Crippen LogP contribution in [0.2, 0.25) is 0 Å². The smallest absolute Gasteiger partial charge is 0.228 e. The number of benzene rings is 1. The number of amides is 1. The highest BCUT2D eigenvalue weighted by Crippen LogP contribution is 2.58. The predicted octanol–water partition coefficient (Wildman–Crippen LogP) is 2.62. The van der Waals surface area contributed by atoms with E-state index in [-0.39, 0.29) is 29.6 Å². The van der Waals surface area contributed by atoms with E-state index in [1.165, 1.54) is 0 Å². The Hall–Kier alpha value is -1.85. The number of hydrogen-bond acceptors (Lipinski definition) is 3. The van der Waals surface area contributed by atoms with Gasteiger partial charge in [0, 0.05) is 24.0 Å². The fourth-order valence-electron chi connectivity index (χ4n) is 3.57. The van der Waals surface area contributed by atoms with Crippen LogP contribution in [0.5, 0.6) is 0 Å². The third-order valence-electron chi connectivity index (χ3n) is 4.99. The lowest BCUT2D eigenvalue weighted by Crippen LogP contribution is -2.31. The summed E-state index contributed by atoms with van der Waals surface area (Å²) in [6.07, 6.45) is 6.93. The zero-order valence-electron chi connectivity index (χ0n) is 12.9. The Balaban J connectivity index is 0.00000156. The molecule has 1 spiro atoms. The molecular formula is C17H21ClN4O. The first-order valence-corrected chi connectivity index (χ1v) is 7.89. The standard InChI is InChI=1S/C17H20N4O.ClH/c22-16(15-12-17(15)5-8-18-9-6-17)20-13-3-1-4-14(11-13)21-10-2-7-19-21;/h1-4,7,10-11,15,18H,5-6,8-9,12H2,(H,20,22);1H. The van der Waals surface area contributed by atoms with E-state index in [2.05, 4.69) is 15.7 Å². The average molecular weight is 333 g/mol. The molecule has 0 bridgehead atoms. The van der Waals surface area contributed by atoms with Crippen LogP contribution in [-0.2, 0) is 4.79 Å². The van der Waals surface area contributed by atoms with Crippen LogP contribution in [0.3, 0.4) is 0 Å². The molecule has 2 N–H and O–H groups in total. The van der Waals surface area contributed by atoms with Crippen molar-refractivity contribution in [3.8, 4) is 5.69 Å². The van der Waals surface area contributed by atoms with E-state index in [1.807, 2.05) is 36.5 Å². The topological polar surface area (TPSA) is 59.0 Å². The van der Waals surface area contributed by atoms with E-state index in [0.717, 1.165) is 43.7 Å². The number of piperidine rings is 1. The SMILES string of the molecule is Cl.O=C(Nc1cccc(-n2cccn2)c1)C1CC12CCNCC2. The molecule has 1 unspecified atom stereocenters. The number of carbonyl (C=O) groups excluding carboxylic acids is 1. The second kappa shape index (κ2) is 6.34. The Morgan fingerprint density at radius 2 is 2.13 bits per heavy atom. The molecule has 6 heteroatoms. The van der Waals surface area contributed by atoms with E-state index >= 15 is 0 Å². The van der Waals surface area contributed by atoms with Gasteiger partial charge in [0.25, 0.3) is 0 Å². The number of rotatable bonds is 3. The highest BCUT2D eigenvalue weighted by atomic mass is 35.5. The summed E-state index contributed by atoms with van der Waals surface area (Å²) in [4.78, 5) is 12.5. The number of carbonyl (C=O) groups is 1. The summed E-state index contributed by atoms with van der Waals surface area (Å²) in [6, 6.07) is 9.70. The molecule has 122 valence electrons. The quantitative estimate of drug-likeness (QED) is 0.908. The molecule has 1 aliphatic carbocycles. The Morgan fingerprint density at radius 3 is 2.87 bits per heavy atom. The summed E-state index contributed by atoms with van der Waals surface area (Å²) in [5.74, 6) is 0.350. The molecule has 2 aromatic rings. The van der Waals surface area contributed by atoms with Gasteiger partial charge in [-0.3, -0.25) is 4.79 Å². The van der Waals surface area contributed by atoms with Gasteiger partial charge in [0.1, 0.15) is 0 Å². The average Bonchev–Trinajstić information content (AvgIpc) is 3.00. The van der Waals surface area contributed by atoms with Crippen LogP contribution in [-0.4, -0.2) is 28.8 Å². The first-order chi connectivity index (χ1) is 10.8. The van der Waals surface area contributed by atoms with Crippen molar-refractivity contribution in [3.05, 3.63) is 42.7 Å². The minimum Gasteiger partial charge on any atom is -0.326 e. The Labute approximate surface area is 141 Å². The van der Waals surface area contributed by atoms with E-state index in [1.54, 1.807) is 10.9 Å². The van der Waals surface area contributed by atoms with Crippen molar-refractivity contribution in [2.24, 2.45) is 11.3 Å². The van der Waals surface area contributed by atoms with E-state index in [9.17, 15) is 4.79 Å². The minimum absolute atomic E-state index is 0. The summed E-state index contributed by atoms with van der Waals surface area (Å²) < 4.78 is 1.79. The van der Waals surface area contributed by atoms with Gasteiger partial charge in [0.15, 0.2) is 0 Å². The van der Waals surface area contributed by atoms with Crippen LogP contribution in [0.25, 0.3) is 5.69 Å². The van der Waals surface area contributed by atoms with E-state index in [0.29, 0.717) is 0 Å². The number of aromatic nitrogens is 2. The zero-order chi connectivity index (χ0) is 15.0. The zero-order valence-corrected chi connectivity index (χ0v) is 13.7. The van der Waals surface area contributed by atoms with Crippen LogP contribution < -0.4 is 10.6 Å². The molecular weight excluding hydrogens is 312 g/mol. The van der Waals surface area contributed by atoms with Gasteiger partial charge in [-0.1, -0.05) is 6.07 Å². The number of anilines is 1. The first kappa shape index (κ1) is 16.0. The van der Waals surface area contributed by atoms with Crippen LogP contribution in [0.1, 0.15) is 19.3 Å². The maximum Gasteiger partial charge on any atom is 0.228 e. The Bertz CT molecular complexity index is 680. The fraction of sp³-hybridized carbons (Fsp3) is 0.412. The van der Waals surface area contributed by atoms with Crippen molar-refractivity contribution >= 4 is 24.0 Å². The number of nitrogens with zero attached hydrogens (tertiary/aromatic N) is 2. The number of nitrogens with one attached hydrogen (secondary N) is 2. The van der Waals surface area contributed by atoms with Crippen molar-refractivity contribution in [3.63, 3.8) is 0 Å². The van der Waals surface area contributed by atoms with E-state index in [4.69, 9.17) is 0 Å². The molecule has 5 nitrogen and oxygen atoms in total. The fourth-order valence-corrected chi connectivity index (χ4v) is 3.57. The molecule has 1 amide bonds. The summed E-state index contributed by atoms with van der Waals surface area (Å²) in [7, 11) is 0. The van der Waals surface area contributed by atoms with Gasteiger partial charge >= 0.3 is 0 Å². The van der Waals surface area contributed by atoms with Crippen molar-refractivity contribution < 1.29 is 4.79 Å². The molecule has 2 fully saturated rings. The molecule has 1 aliphatic heterocycles. The molecule has 1 atom stereocenters. The molecule has 1 saturated heterocycles. The van der Waals surface area contributed by atoms with Crippen molar-refractivity contribution in [2.75, 3.05) is 18.4 Å². The molecule has 4 rings (SSSR count). The number of hydrogen-bond donors (Lipinski definition) is 2. The van der Waals surface area contributed by atoms with Gasteiger partial charge in [0.2, 0.25) is 5.91 Å². The maximum absolute atomic E-state index is 12.5. The lowest BCUT2D eigenvalue weighted by molar-refractivity contribution is -0.118. The molecule has 1 aromatic carbocycles. The van der Waals surface area contributed by atoms with Crippen LogP contribution in [0, 0.1) is 11.3 Å². The Morgan fingerprint density at radius 1 is 1.30 bits per heavy atom. The van der Waals surface area contributed by atoms with Gasteiger partial charge in [-0.15, -0.1) is 12.4 Å². The molecule has 1 saturated carbocycles. The summed E-state index contributed by atoms with van der Waals surface area (Å²) in [6.45, 7) is 2.08. The van der Waals surface area contributed by atoms with Crippen LogP contribution in [0.15, 0.2) is 42.7 Å². The lowest BCUT2D eigenvalue weighted by Gasteiger charge is -2.23. The normalized spacial score (nSPS) is 21.5. The highest BCUT2D eigenvalue weighted by Gasteiger charge is 2.57. The van der Waals surface area contributed by atoms with Crippen LogP contribution >= 0.6 is 12.4 Å². The minimum atomic E-state index is 0. The monoisotopic (exact) mass is 332 g/mol. The summed E-state index contributed by atoms with van der Waals surface area (Å²) in [5, 5.41) is 10.7. The summed E-state index contributed by atoms with van der Waals surface area (Å²) >= 11 is 0.